The number of esters is 1. The Morgan fingerprint density at radius 3 is 2.58 bits per heavy atom. The monoisotopic (exact) mass is 552 g/mol. The van der Waals surface area contributed by atoms with Gasteiger partial charge in [-0.15, -0.1) is 0 Å². The second-order valence-corrected chi connectivity index (χ2v) is 11.1. The van der Waals surface area contributed by atoms with Crippen molar-refractivity contribution >= 4 is 22.7 Å². The summed E-state index contributed by atoms with van der Waals surface area (Å²) in [4.78, 5) is 24.3. The van der Waals surface area contributed by atoms with Crippen molar-refractivity contribution in [2.45, 2.75) is 82.9 Å². The number of carboxylic acid groups (broad SMARTS) is 1. The third-order valence-corrected chi connectivity index (χ3v) is 8.08. The van der Waals surface area contributed by atoms with Gasteiger partial charge in [0, 0.05) is 17.7 Å². The van der Waals surface area contributed by atoms with E-state index in [9.17, 15) is 24.9 Å². The van der Waals surface area contributed by atoms with Gasteiger partial charge in [0.05, 0.1) is 24.7 Å². The molecule has 4 N–H and O–H groups in total. The van der Waals surface area contributed by atoms with Gasteiger partial charge in [-0.2, -0.15) is 0 Å². The smallest absolute Gasteiger partial charge is 0.347 e. The minimum Gasteiger partial charge on any atom is -0.481 e. The fourth-order valence-electron chi connectivity index (χ4n) is 6.06. The Morgan fingerprint density at radius 2 is 1.82 bits per heavy atom. The van der Waals surface area contributed by atoms with Crippen molar-refractivity contribution < 1.29 is 39.5 Å². The molecule has 0 saturated heterocycles. The third kappa shape index (κ3) is 7.30. The van der Waals surface area contributed by atoms with Gasteiger partial charge in [0.15, 0.2) is 6.10 Å². The minimum atomic E-state index is -1.11. The molecule has 0 saturated carbocycles. The lowest BCUT2D eigenvalue weighted by atomic mass is 9.66. The fraction of sp³-hybridized carbons (Fsp3) is 0.500. The van der Waals surface area contributed by atoms with E-state index >= 15 is 0 Å². The van der Waals surface area contributed by atoms with Crippen LogP contribution in [0.1, 0.15) is 52.4 Å². The molecule has 8 atom stereocenters. The predicted octanol–water partition coefficient (Wildman–Crippen LogP) is 4.41. The van der Waals surface area contributed by atoms with Crippen LogP contribution in [0.4, 0.5) is 0 Å². The Morgan fingerprint density at radius 1 is 1.07 bits per heavy atom. The van der Waals surface area contributed by atoms with Gasteiger partial charge in [-0.25, -0.2) is 4.79 Å². The zero-order chi connectivity index (χ0) is 28.8. The average Bonchev–Trinajstić information content (AvgIpc) is 2.90. The molecule has 0 bridgehead atoms. The zero-order valence-electron chi connectivity index (χ0n) is 23.1. The Bertz CT molecular complexity index is 1230. The summed E-state index contributed by atoms with van der Waals surface area (Å²) in [7, 11) is 0. The van der Waals surface area contributed by atoms with Gasteiger partial charge in [-0.1, -0.05) is 68.5 Å². The van der Waals surface area contributed by atoms with Crippen LogP contribution in [0.5, 0.6) is 5.75 Å². The molecule has 216 valence electrons. The van der Waals surface area contributed by atoms with Crippen LogP contribution < -0.4 is 4.74 Å². The van der Waals surface area contributed by atoms with Gasteiger partial charge >= 0.3 is 11.9 Å². The van der Waals surface area contributed by atoms with E-state index in [0.29, 0.717) is 25.0 Å². The van der Waals surface area contributed by atoms with Crippen LogP contribution >= 0.6 is 0 Å². The molecule has 2 aromatic rings. The van der Waals surface area contributed by atoms with Crippen molar-refractivity contribution in [3.05, 3.63) is 66.3 Å². The Labute approximate surface area is 234 Å². The second kappa shape index (κ2) is 13.4. The van der Waals surface area contributed by atoms with E-state index in [2.05, 4.69) is 13.0 Å². The lowest BCUT2D eigenvalue weighted by molar-refractivity contribution is -0.163. The summed E-state index contributed by atoms with van der Waals surface area (Å²) in [5, 5.41) is 41.8. The highest BCUT2D eigenvalue weighted by molar-refractivity contribution is 5.88. The number of rotatable bonds is 12. The number of aliphatic hydroxyl groups excluding tert-OH is 3. The first-order valence-corrected chi connectivity index (χ1v) is 14.2. The van der Waals surface area contributed by atoms with Crippen LogP contribution in [0, 0.1) is 17.8 Å². The third-order valence-electron chi connectivity index (χ3n) is 8.08. The molecule has 2 aromatic carbocycles. The number of aliphatic carboxylic acids is 1. The summed E-state index contributed by atoms with van der Waals surface area (Å²) in [6.45, 7) is 3.94. The molecule has 0 heterocycles. The van der Waals surface area contributed by atoms with Gasteiger partial charge in [0.2, 0.25) is 0 Å². The molecule has 8 nitrogen and oxygen atoms in total. The quantitative estimate of drug-likeness (QED) is 0.285. The van der Waals surface area contributed by atoms with Gasteiger partial charge < -0.3 is 29.9 Å². The number of aliphatic hydroxyl groups is 3. The Balaban J connectivity index is 1.47. The maximum absolute atomic E-state index is 13.4. The molecule has 0 aromatic heterocycles. The number of carbonyl (C=O) groups is 2. The highest BCUT2D eigenvalue weighted by atomic mass is 16.6. The summed E-state index contributed by atoms with van der Waals surface area (Å²) in [6, 6.07) is 13.5. The summed E-state index contributed by atoms with van der Waals surface area (Å²) < 4.78 is 12.3. The van der Waals surface area contributed by atoms with Crippen molar-refractivity contribution in [1.29, 1.82) is 0 Å². The number of fused-ring (bicyclic) bond motifs is 2. The zero-order valence-corrected chi connectivity index (χ0v) is 23.1. The number of benzene rings is 2. The van der Waals surface area contributed by atoms with Crippen molar-refractivity contribution in [2.24, 2.45) is 17.8 Å². The van der Waals surface area contributed by atoms with Crippen LogP contribution in [-0.4, -0.2) is 62.9 Å². The molecule has 4 rings (SSSR count). The largest absolute Gasteiger partial charge is 0.481 e. The summed E-state index contributed by atoms with van der Waals surface area (Å²) in [5.74, 6) is -1.00. The normalized spacial score (nSPS) is 26.3. The van der Waals surface area contributed by atoms with E-state index in [1.54, 1.807) is 6.08 Å². The van der Waals surface area contributed by atoms with E-state index < -0.39 is 48.9 Å². The van der Waals surface area contributed by atoms with E-state index in [0.717, 1.165) is 16.3 Å². The van der Waals surface area contributed by atoms with E-state index in [1.165, 1.54) is 0 Å². The molecule has 0 aliphatic heterocycles. The van der Waals surface area contributed by atoms with E-state index in [1.807, 2.05) is 55.5 Å². The Hall–Kier alpha value is -3.20. The minimum absolute atomic E-state index is 0.0164. The number of hydrogen-bond donors (Lipinski definition) is 4. The van der Waals surface area contributed by atoms with Gasteiger partial charge in [0.25, 0.3) is 0 Å². The first-order chi connectivity index (χ1) is 19.2. The van der Waals surface area contributed by atoms with Gasteiger partial charge in [-0.3, -0.25) is 4.79 Å². The molecule has 40 heavy (non-hydrogen) atoms. The summed E-state index contributed by atoms with van der Waals surface area (Å²) >= 11 is 0. The number of ether oxygens (including phenoxy) is 2. The van der Waals surface area contributed by atoms with Gasteiger partial charge in [0.1, 0.15) is 11.9 Å². The molecule has 2 aliphatic carbocycles. The first kappa shape index (κ1) is 29.8. The van der Waals surface area contributed by atoms with Crippen molar-refractivity contribution in [3.63, 3.8) is 0 Å². The number of carboxylic acids is 1. The molecule has 2 aliphatic rings. The van der Waals surface area contributed by atoms with Crippen LogP contribution in [0.25, 0.3) is 10.8 Å². The molecular weight excluding hydrogens is 512 g/mol. The lowest BCUT2D eigenvalue weighted by Gasteiger charge is -2.43. The van der Waals surface area contributed by atoms with E-state index in [-0.39, 0.29) is 30.6 Å². The van der Waals surface area contributed by atoms with Crippen LogP contribution in [-0.2, 0) is 14.3 Å². The predicted molar refractivity (Wildman–Crippen MR) is 151 cm³/mol. The highest BCUT2D eigenvalue weighted by Crippen LogP contribution is 2.44. The second-order valence-electron chi connectivity index (χ2n) is 11.1. The number of carbonyl (C=O) groups excluding carboxylic acids is 1. The fourth-order valence-corrected chi connectivity index (χ4v) is 6.06. The summed E-state index contributed by atoms with van der Waals surface area (Å²) in [6.07, 6.45) is 2.95. The van der Waals surface area contributed by atoms with Crippen molar-refractivity contribution in [3.8, 4) is 5.75 Å². The van der Waals surface area contributed by atoms with Crippen molar-refractivity contribution in [2.75, 3.05) is 0 Å². The first-order valence-electron chi connectivity index (χ1n) is 14.2. The average molecular weight is 553 g/mol. The Kier molecular flexibility index (Phi) is 10.0. The number of allylic oxidation sites excluding steroid dienone is 2. The molecule has 0 fully saturated rings. The molecule has 0 spiro atoms. The van der Waals surface area contributed by atoms with Crippen LogP contribution in [0.3, 0.4) is 0 Å². The highest BCUT2D eigenvalue weighted by Gasteiger charge is 2.42. The maximum atomic E-state index is 13.4. The lowest BCUT2D eigenvalue weighted by Crippen LogP contribution is -2.44. The summed E-state index contributed by atoms with van der Waals surface area (Å²) in [5.41, 5.74) is 0.906. The maximum Gasteiger partial charge on any atom is 0.347 e. The SMILES string of the molecule is CC[C@H](Oc1cccc2ccccc12)C(=O)O[C@H]1C[C@H](O)C=C2C=C[C@@H](C)[C@H](CC[C@@H](O)C[C@@H](O)CC(=O)O)[C@H]21. The van der Waals surface area contributed by atoms with Gasteiger partial charge in [-0.05, 0) is 54.5 Å². The molecule has 0 unspecified atom stereocenters. The standard InChI is InChI=1S/C32H40O8/c1-3-27(39-28-10-6-8-20-7-4-5-9-26(20)28)32(38)40-29-17-23(34)15-21-12-11-19(2)25(31(21)29)14-13-22(33)16-24(35)18-30(36)37/h4-12,15,19,22-25,27,29,31,33-35H,3,13-14,16-18H2,1-2H3,(H,36,37)/t19-,22-,23-,24-,25+,27+,29+,31+/m1/s1. The van der Waals surface area contributed by atoms with Crippen molar-refractivity contribution in [1.82, 2.24) is 0 Å². The van der Waals surface area contributed by atoms with Crippen LogP contribution in [0.15, 0.2) is 66.3 Å². The topological polar surface area (TPSA) is 134 Å². The van der Waals surface area contributed by atoms with E-state index in [4.69, 9.17) is 14.6 Å². The molecular formula is C32H40O8. The molecule has 0 amide bonds. The number of hydrogen-bond acceptors (Lipinski definition) is 7. The molecule has 8 heteroatoms. The van der Waals surface area contributed by atoms with Crippen LogP contribution in [0.2, 0.25) is 0 Å². The molecule has 0 radical (unpaired) electrons.